The van der Waals surface area contributed by atoms with Gasteiger partial charge in [0.15, 0.2) is 5.69 Å². The normalized spacial score (nSPS) is 11.7. The van der Waals surface area contributed by atoms with Crippen LogP contribution in [0.3, 0.4) is 0 Å². The largest absolute Gasteiger partial charge is 0.433 e. The molecule has 1 aromatic carbocycles. The molecule has 0 aliphatic rings. The molecular formula is C15H10Cl2F3N5O. The number of benzene rings is 1. The van der Waals surface area contributed by atoms with Gasteiger partial charge in [0.25, 0.3) is 5.56 Å². The lowest BCUT2D eigenvalue weighted by molar-refractivity contribution is -0.142. The van der Waals surface area contributed by atoms with Crippen LogP contribution in [-0.2, 0) is 19.1 Å². The van der Waals surface area contributed by atoms with E-state index in [1.165, 1.54) is 35.5 Å². The van der Waals surface area contributed by atoms with Crippen molar-refractivity contribution in [3.05, 3.63) is 73.9 Å². The minimum atomic E-state index is -4.79. The third-order valence-electron chi connectivity index (χ3n) is 3.48. The van der Waals surface area contributed by atoms with Crippen LogP contribution >= 0.6 is 23.2 Å². The van der Waals surface area contributed by atoms with Gasteiger partial charge in [-0.15, -0.1) is 0 Å². The molecule has 0 bridgehead atoms. The molecule has 2 aromatic heterocycles. The van der Waals surface area contributed by atoms with Crippen LogP contribution in [0.25, 0.3) is 0 Å². The number of aromatic amines is 1. The number of alkyl halides is 3. The fraction of sp³-hybridized carbons (Fsp3) is 0.200. The number of rotatable bonds is 4. The van der Waals surface area contributed by atoms with Crippen LogP contribution in [-0.4, -0.2) is 24.7 Å². The highest BCUT2D eigenvalue weighted by atomic mass is 35.5. The minimum Gasteiger partial charge on any atom is -0.309 e. The molecular weight excluding hydrogens is 394 g/mol. The molecule has 0 unspecified atom stereocenters. The van der Waals surface area contributed by atoms with E-state index < -0.39 is 23.0 Å². The van der Waals surface area contributed by atoms with Crippen LogP contribution in [0.15, 0.2) is 35.6 Å². The number of nitrogens with zero attached hydrogens (tertiary/aromatic N) is 4. The predicted octanol–water partition coefficient (Wildman–Crippen LogP) is 3.33. The minimum absolute atomic E-state index is 0.147. The summed E-state index contributed by atoms with van der Waals surface area (Å²) in [5.41, 5.74) is -2.23. The second-order valence-corrected chi connectivity index (χ2v) is 6.17. The highest BCUT2D eigenvalue weighted by Gasteiger charge is 2.37. The first kappa shape index (κ1) is 18.4. The van der Waals surface area contributed by atoms with E-state index >= 15 is 0 Å². The highest BCUT2D eigenvalue weighted by molar-refractivity contribution is 6.42. The van der Waals surface area contributed by atoms with E-state index in [0.717, 1.165) is 0 Å². The molecule has 1 N–H and O–H groups in total. The number of H-pyrrole nitrogens is 1. The van der Waals surface area contributed by atoms with E-state index in [1.54, 1.807) is 0 Å². The van der Waals surface area contributed by atoms with E-state index in [-0.39, 0.29) is 28.8 Å². The maximum Gasteiger partial charge on any atom is 0.433 e. The summed E-state index contributed by atoms with van der Waals surface area (Å²) in [6, 6.07) is 4.36. The summed E-state index contributed by atoms with van der Waals surface area (Å²) in [6.45, 7) is -0.147. The third-order valence-corrected chi connectivity index (χ3v) is 4.22. The fourth-order valence-electron chi connectivity index (χ4n) is 2.34. The summed E-state index contributed by atoms with van der Waals surface area (Å²) < 4.78 is 41.6. The van der Waals surface area contributed by atoms with Crippen LogP contribution in [0.4, 0.5) is 13.2 Å². The SMILES string of the molecule is O=c1[nH]c(Cn2cncn2)nc(C(F)(F)F)c1Cc1ccc(Cl)c(Cl)c1. The molecule has 0 spiro atoms. The standard InChI is InChI=1S/C15H10Cl2F3N5O/c16-10-2-1-8(4-11(10)17)3-9-13(15(18,19)20)23-12(24-14(9)26)5-25-7-21-6-22-25/h1-2,4,6-7H,3,5H2,(H,23,24,26). The summed E-state index contributed by atoms with van der Waals surface area (Å²) in [6.07, 6.45) is -2.56. The zero-order valence-corrected chi connectivity index (χ0v) is 14.4. The zero-order chi connectivity index (χ0) is 18.9. The quantitative estimate of drug-likeness (QED) is 0.724. The van der Waals surface area contributed by atoms with Gasteiger partial charge in [-0.3, -0.25) is 4.79 Å². The van der Waals surface area contributed by atoms with Crippen molar-refractivity contribution in [3.63, 3.8) is 0 Å². The highest BCUT2D eigenvalue weighted by Crippen LogP contribution is 2.31. The summed E-state index contributed by atoms with van der Waals surface area (Å²) in [5.74, 6) is -0.175. The number of nitrogens with one attached hydrogen (secondary N) is 1. The Bertz CT molecular complexity index is 986. The second-order valence-electron chi connectivity index (χ2n) is 5.36. The van der Waals surface area contributed by atoms with Crippen LogP contribution < -0.4 is 5.56 Å². The Kier molecular flexibility index (Phi) is 5.01. The van der Waals surface area contributed by atoms with Gasteiger partial charge in [-0.1, -0.05) is 29.3 Å². The van der Waals surface area contributed by atoms with Gasteiger partial charge in [0.2, 0.25) is 0 Å². The van der Waals surface area contributed by atoms with Crippen LogP contribution in [0.2, 0.25) is 10.0 Å². The summed E-state index contributed by atoms with van der Waals surface area (Å²) >= 11 is 11.7. The van der Waals surface area contributed by atoms with Crippen molar-refractivity contribution < 1.29 is 13.2 Å². The Morgan fingerprint density at radius 3 is 2.58 bits per heavy atom. The number of hydrogen-bond acceptors (Lipinski definition) is 4. The van der Waals surface area contributed by atoms with E-state index in [9.17, 15) is 18.0 Å². The molecule has 0 saturated heterocycles. The second kappa shape index (κ2) is 7.08. The van der Waals surface area contributed by atoms with Gasteiger partial charge in [-0.05, 0) is 17.7 Å². The Morgan fingerprint density at radius 1 is 1.19 bits per heavy atom. The molecule has 3 rings (SSSR count). The number of halogens is 5. The maximum atomic E-state index is 13.4. The van der Waals surface area contributed by atoms with Crippen molar-refractivity contribution in [1.82, 2.24) is 24.7 Å². The van der Waals surface area contributed by atoms with Gasteiger partial charge >= 0.3 is 6.18 Å². The van der Waals surface area contributed by atoms with Crippen molar-refractivity contribution in [2.45, 2.75) is 19.1 Å². The first-order valence-electron chi connectivity index (χ1n) is 7.19. The molecule has 0 aliphatic carbocycles. The summed E-state index contributed by atoms with van der Waals surface area (Å²) in [4.78, 5) is 21.9. The van der Waals surface area contributed by atoms with Crippen molar-refractivity contribution in [1.29, 1.82) is 0 Å². The van der Waals surface area contributed by atoms with Crippen molar-refractivity contribution in [2.24, 2.45) is 0 Å². The molecule has 0 radical (unpaired) electrons. The Balaban J connectivity index is 2.03. The van der Waals surface area contributed by atoms with Gasteiger partial charge in [0, 0.05) is 6.42 Å². The summed E-state index contributed by atoms with van der Waals surface area (Å²) in [5, 5.41) is 4.23. The molecule has 6 nitrogen and oxygen atoms in total. The molecule has 136 valence electrons. The van der Waals surface area contributed by atoms with E-state index in [2.05, 4.69) is 20.1 Å². The van der Waals surface area contributed by atoms with Crippen LogP contribution in [0, 0.1) is 0 Å². The molecule has 0 atom stereocenters. The average molecular weight is 404 g/mol. The monoisotopic (exact) mass is 403 g/mol. The molecule has 0 aliphatic heterocycles. The average Bonchev–Trinajstić information content (AvgIpc) is 3.05. The van der Waals surface area contributed by atoms with E-state index in [1.807, 2.05) is 0 Å². The Hall–Kier alpha value is -2.39. The first-order valence-corrected chi connectivity index (χ1v) is 7.95. The lowest BCUT2D eigenvalue weighted by Crippen LogP contribution is -2.26. The molecule has 0 amide bonds. The Morgan fingerprint density at radius 2 is 1.96 bits per heavy atom. The molecule has 0 fully saturated rings. The van der Waals surface area contributed by atoms with Crippen LogP contribution in [0.1, 0.15) is 22.6 Å². The Labute approximate surface area is 154 Å². The van der Waals surface area contributed by atoms with Gasteiger partial charge in [0.05, 0.1) is 15.6 Å². The van der Waals surface area contributed by atoms with Crippen molar-refractivity contribution in [2.75, 3.05) is 0 Å². The van der Waals surface area contributed by atoms with E-state index in [4.69, 9.17) is 23.2 Å². The van der Waals surface area contributed by atoms with Crippen LogP contribution in [0.5, 0.6) is 0 Å². The lowest BCUT2D eigenvalue weighted by atomic mass is 10.0. The molecule has 2 heterocycles. The third kappa shape index (κ3) is 4.05. The van der Waals surface area contributed by atoms with Crippen molar-refractivity contribution in [3.8, 4) is 0 Å². The maximum absolute atomic E-state index is 13.4. The van der Waals surface area contributed by atoms with Gasteiger partial charge < -0.3 is 4.98 Å². The smallest absolute Gasteiger partial charge is 0.309 e. The van der Waals surface area contributed by atoms with Gasteiger partial charge in [0.1, 0.15) is 25.0 Å². The van der Waals surface area contributed by atoms with Gasteiger partial charge in [-0.2, -0.15) is 18.3 Å². The lowest BCUT2D eigenvalue weighted by Gasteiger charge is -2.13. The number of hydrogen-bond donors (Lipinski definition) is 1. The number of aromatic nitrogens is 5. The van der Waals surface area contributed by atoms with E-state index in [0.29, 0.717) is 5.56 Å². The van der Waals surface area contributed by atoms with Crippen molar-refractivity contribution >= 4 is 23.2 Å². The zero-order valence-electron chi connectivity index (χ0n) is 12.9. The van der Waals surface area contributed by atoms with Gasteiger partial charge in [-0.25, -0.2) is 14.6 Å². The molecule has 3 aromatic rings. The summed E-state index contributed by atoms with van der Waals surface area (Å²) in [7, 11) is 0. The molecule has 0 saturated carbocycles. The predicted molar refractivity (Wildman–Crippen MR) is 88.3 cm³/mol. The molecule has 11 heteroatoms. The first-order chi connectivity index (χ1) is 12.2. The topological polar surface area (TPSA) is 76.5 Å². The fourth-order valence-corrected chi connectivity index (χ4v) is 2.66. The molecule has 26 heavy (non-hydrogen) atoms.